The van der Waals surface area contributed by atoms with Crippen LogP contribution in [-0.4, -0.2) is 65.7 Å². The highest BCUT2D eigenvalue weighted by molar-refractivity contribution is 7.03. The van der Waals surface area contributed by atoms with Gasteiger partial charge in [-0.25, -0.2) is 9.97 Å². The number of anilines is 3. The average Bonchev–Trinajstić information content (AvgIpc) is 3.71. The van der Waals surface area contributed by atoms with Crippen molar-refractivity contribution in [3.63, 3.8) is 0 Å². The Morgan fingerprint density at radius 3 is 2.97 bits per heavy atom. The Morgan fingerprint density at radius 1 is 1.28 bits per heavy atom. The van der Waals surface area contributed by atoms with Gasteiger partial charge >= 0.3 is 0 Å². The van der Waals surface area contributed by atoms with Crippen LogP contribution < -0.4 is 15.4 Å². The molecule has 1 amide bonds. The van der Waals surface area contributed by atoms with Gasteiger partial charge in [0.05, 0.1) is 23.4 Å². The van der Waals surface area contributed by atoms with E-state index in [4.69, 9.17) is 9.72 Å². The first kappa shape index (κ1) is 25.0. The topological polar surface area (TPSA) is 126 Å². The summed E-state index contributed by atoms with van der Waals surface area (Å²) in [5.74, 6) is 1.74. The number of aromatic nitrogens is 6. The maximum absolute atomic E-state index is 13.0. The first-order valence-electron chi connectivity index (χ1n) is 12.7. The van der Waals surface area contributed by atoms with Crippen molar-refractivity contribution in [1.82, 2.24) is 34.0 Å². The van der Waals surface area contributed by atoms with Crippen molar-refractivity contribution in [2.24, 2.45) is 7.05 Å². The predicted octanol–water partition coefficient (Wildman–Crippen LogP) is 4.27. The van der Waals surface area contributed by atoms with Crippen molar-refractivity contribution in [1.29, 1.82) is 0 Å². The van der Waals surface area contributed by atoms with Gasteiger partial charge in [-0.1, -0.05) is 12.1 Å². The third-order valence-electron chi connectivity index (χ3n) is 6.87. The molecule has 39 heavy (non-hydrogen) atoms. The van der Waals surface area contributed by atoms with Crippen LogP contribution >= 0.6 is 11.5 Å². The molecule has 0 bridgehead atoms. The van der Waals surface area contributed by atoms with E-state index >= 15 is 0 Å². The van der Waals surface area contributed by atoms with Crippen LogP contribution in [0.25, 0.3) is 22.2 Å². The van der Waals surface area contributed by atoms with Crippen LogP contribution in [0.3, 0.4) is 0 Å². The molecule has 1 unspecified atom stereocenters. The van der Waals surface area contributed by atoms with Gasteiger partial charge in [-0.05, 0) is 43.4 Å². The quantitative estimate of drug-likeness (QED) is 0.265. The van der Waals surface area contributed by atoms with Gasteiger partial charge in [0, 0.05) is 66.7 Å². The minimum atomic E-state index is -0.0664. The number of aryl methyl sites for hydroxylation is 3. The van der Waals surface area contributed by atoms with Crippen molar-refractivity contribution >= 4 is 45.8 Å². The lowest BCUT2D eigenvalue weighted by atomic mass is 10.1. The number of amides is 1. The third kappa shape index (κ3) is 5.33. The lowest BCUT2D eigenvalue weighted by Gasteiger charge is -2.16. The van der Waals surface area contributed by atoms with Crippen LogP contribution in [-0.2, 0) is 11.8 Å². The molecule has 3 N–H and O–H groups in total. The Hall–Kier alpha value is -4.29. The summed E-state index contributed by atoms with van der Waals surface area (Å²) >= 11 is 1.37. The molecule has 0 aliphatic carbocycles. The van der Waals surface area contributed by atoms with E-state index in [2.05, 4.69) is 35.0 Å². The van der Waals surface area contributed by atoms with Gasteiger partial charge in [-0.15, -0.1) is 0 Å². The second kappa shape index (κ2) is 10.5. The number of carbonyl (C=O) groups excluding carboxylic acids is 1. The summed E-state index contributed by atoms with van der Waals surface area (Å²) < 4.78 is 11.9. The first-order chi connectivity index (χ1) is 18.9. The van der Waals surface area contributed by atoms with E-state index in [1.807, 2.05) is 62.8 Å². The van der Waals surface area contributed by atoms with E-state index in [0.717, 1.165) is 52.1 Å². The summed E-state index contributed by atoms with van der Waals surface area (Å²) in [5, 5.41) is 13.6. The molecule has 200 valence electrons. The molecule has 0 saturated carbocycles. The number of nitrogens with one attached hydrogen (secondary N) is 3. The highest BCUT2D eigenvalue weighted by Gasteiger charge is 2.26. The Balaban J connectivity index is 1.16. The fourth-order valence-electron chi connectivity index (χ4n) is 4.83. The highest BCUT2D eigenvalue weighted by atomic mass is 32.1. The van der Waals surface area contributed by atoms with Crippen LogP contribution in [0.15, 0.2) is 48.1 Å². The minimum absolute atomic E-state index is 0.0477. The van der Waals surface area contributed by atoms with Gasteiger partial charge in [0.15, 0.2) is 5.82 Å². The van der Waals surface area contributed by atoms with Crippen LogP contribution in [0.5, 0.6) is 5.88 Å². The Morgan fingerprint density at radius 2 is 2.18 bits per heavy atom. The Kier molecular flexibility index (Phi) is 6.71. The number of likely N-dealkylation sites (tertiary alicyclic amines) is 1. The molecule has 5 aromatic rings. The lowest BCUT2D eigenvalue weighted by Crippen LogP contribution is -2.33. The zero-order valence-electron chi connectivity index (χ0n) is 21.9. The molecule has 1 atom stereocenters. The summed E-state index contributed by atoms with van der Waals surface area (Å²) in [7, 11) is 1.89. The fourth-order valence-corrected chi connectivity index (χ4v) is 5.27. The van der Waals surface area contributed by atoms with E-state index < -0.39 is 0 Å². The molecule has 5 heterocycles. The average molecular weight is 544 g/mol. The number of hydrogen-bond donors (Lipinski definition) is 3. The number of hydrogen-bond acceptors (Lipinski definition) is 9. The number of carbonyl (C=O) groups is 1. The van der Waals surface area contributed by atoms with Crippen molar-refractivity contribution in [3.8, 4) is 17.1 Å². The van der Waals surface area contributed by atoms with Gasteiger partial charge in [-0.2, -0.15) is 9.47 Å². The summed E-state index contributed by atoms with van der Waals surface area (Å²) in [5.41, 5.74) is 5.29. The number of ether oxygens (including phenoxy) is 1. The summed E-state index contributed by atoms with van der Waals surface area (Å²) in [6.45, 7) is 5.77. The highest BCUT2D eigenvalue weighted by Crippen LogP contribution is 2.33. The molecule has 4 aromatic heterocycles. The summed E-state index contributed by atoms with van der Waals surface area (Å²) in [4.78, 5) is 27.6. The zero-order chi connectivity index (χ0) is 26.9. The van der Waals surface area contributed by atoms with Crippen molar-refractivity contribution < 1.29 is 9.53 Å². The zero-order valence-corrected chi connectivity index (χ0v) is 22.7. The van der Waals surface area contributed by atoms with Gasteiger partial charge in [0.1, 0.15) is 6.10 Å². The molecular formula is C27H29N9O2S. The van der Waals surface area contributed by atoms with Crippen LogP contribution in [0, 0.1) is 13.8 Å². The van der Waals surface area contributed by atoms with E-state index in [0.29, 0.717) is 30.7 Å². The number of H-pyrrole nitrogens is 1. The second-order valence-corrected chi connectivity index (χ2v) is 10.4. The van der Waals surface area contributed by atoms with E-state index in [1.165, 1.54) is 11.5 Å². The monoisotopic (exact) mass is 543 g/mol. The van der Waals surface area contributed by atoms with Crippen molar-refractivity contribution in [3.05, 3.63) is 59.4 Å². The summed E-state index contributed by atoms with van der Waals surface area (Å²) in [6.07, 6.45) is 4.64. The molecule has 12 heteroatoms. The molecular weight excluding hydrogens is 514 g/mol. The predicted molar refractivity (Wildman–Crippen MR) is 152 cm³/mol. The van der Waals surface area contributed by atoms with E-state index in [-0.39, 0.29) is 12.0 Å². The number of rotatable bonds is 8. The smallest absolute Gasteiger partial charge is 0.238 e. The molecule has 1 aliphatic heterocycles. The molecule has 6 rings (SSSR count). The van der Waals surface area contributed by atoms with Crippen LogP contribution in [0.4, 0.5) is 17.5 Å². The van der Waals surface area contributed by atoms with Crippen LogP contribution in [0.2, 0.25) is 0 Å². The number of para-hydroxylation sites is 1. The van der Waals surface area contributed by atoms with Gasteiger partial charge in [0.25, 0.3) is 0 Å². The van der Waals surface area contributed by atoms with Gasteiger partial charge in [0.2, 0.25) is 17.7 Å². The molecule has 0 spiro atoms. The van der Waals surface area contributed by atoms with E-state index in [1.54, 1.807) is 10.9 Å². The maximum atomic E-state index is 13.0. The van der Waals surface area contributed by atoms with Crippen molar-refractivity contribution in [2.45, 2.75) is 26.4 Å². The second-order valence-electron chi connectivity index (χ2n) is 9.72. The van der Waals surface area contributed by atoms with Gasteiger partial charge < -0.3 is 20.4 Å². The van der Waals surface area contributed by atoms with Gasteiger partial charge in [-0.3, -0.25) is 14.4 Å². The molecule has 1 aliphatic rings. The molecule has 11 nitrogen and oxygen atoms in total. The molecule has 1 aromatic carbocycles. The number of aromatic amines is 1. The van der Waals surface area contributed by atoms with Crippen LogP contribution in [0.1, 0.15) is 17.7 Å². The lowest BCUT2D eigenvalue weighted by molar-refractivity contribution is -0.117. The number of benzene rings is 1. The molecule has 1 saturated heterocycles. The normalized spacial score (nSPS) is 15.6. The number of fused-ring (bicyclic) bond motifs is 1. The third-order valence-corrected chi connectivity index (χ3v) is 7.41. The SMILES string of the molecule is Cc1cnc(Nc2cc(C)n(C)n2)nc1-c1c[nH]c2c(NC(=O)CN3CCC(Oc4ccsn4)C3)cccc12. The molecule has 0 radical (unpaired) electrons. The fraction of sp³-hybridized carbons (Fsp3) is 0.296. The Labute approximate surface area is 229 Å². The minimum Gasteiger partial charge on any atom is -0.472 e. The summed E-state index contributed by atoms with van der Waals surface area (Å²) in [6, 6.07) is 9.68. The van der Waals surface area contributed by atoms with Crippen molar-refractivity contribution in [2.75, 3.05) is 30.3 Å². The maximum Gasteiger partial charge on any atom is 0.238 e. The van der Waals surface area contributed by atoms with E-state index in [9.17, 15) is 4.79 Å². The Bertz CT molecular complexity index is 1610. The number of nitrogens with zero attached hydrogens (tertiary/aromatic N) is 6. The molecule has 1 fully saturated rings. The standard InChI is InChI=1S/C27H29N9O2S/c1-16-12-29-27(31-22-11-17(2)35(3)33-22)32-25(16)20-13-28-26-19(20)5-4-6-21(26)30-23(37)15-36-9-7-18(14-36)38-24-8-10-39-34-24/h4-6,8,10-13,18,28H,7,9,14-15H2,1-3H3,(H,30,37)(H,29,31,32,33). The first-order valence-corrected chi connectivity index (χ1v) is 13.6. The largest absolute Gasteiger partial charge is 0.472 e.